The number of nitrogen functional groups attached to an aromatic ring is 1. The molecular formula is C10H8Cl2N2S. The van der Waals surface area contributed by atoms with Crippen LogP contribution in [0.5, 0.6) is 0 Å². The topological polar surface area (TPSA) is 38.9 Å². The molecule has 0 aliphatic carbocycles. The van der Waals surface area contributed by atoms with Crippen LogP contribution in [0.4, 0.5) is 5.13 Å². The Bertz CT molecular complexity index is 482. The van der Waals surface area contributed by atoms with E-state index in [2.05, 4.69) is 4.98 Å². The van der Waals surface area contributed by atoms with E-state index in [4.69, 9.17) is 28.9 Å². The smallest absolute Gasteiger partial charge is 0.180 e. The first-order valence-corrected chi connectivity index (χ1v) is 5.86. The van der Waals surface area contributed by atoms with Crippen molar-refractivity contribution < 1.29 is 0 Å². The molecule has 2 N–H and O–H groups in total. The molecule has 15 heavy (non-hydrogen) atoms. The highest BCUT2D eigenvalue weighted by molar-refractivity contribution is 7.15. The van der Waals surface area contributed by atoms with Gasteiger partial charge in [0.25, 0.3) is 0 Å². The minimum Gasteiger partial charge on any atom is -0.375 e. The highest BCUT2D eigenvalue weighted by Crippen LogP contribution is 2.25. The number of hydrogen-bond donors (Lipinski definition) is 1. The standard InChI is InChI=1S/C10H8Cl2N2S/c11-7-2-1-6(9(12)4-7)3-8-5-14-10(13)15-8/h1-2,4-5H,3H2,(H2,13,14). The van der Waals surface area contributed by atoms with Crippen LogP contribution < -0.4 is 5.73 Å². The zero-order chi connectivity index (χ0) is 10.8. The van der Waals surface area contributed by atoms with Gasteiger partial charge in [0.1, 0.15) is 0 Å². The molecule has 1 aromatic heterocycles. The van der Waals surface area contributed by atoms with E-state index in [9.17, 15) is 0 Å². The number of aromatic nitrogens is 1. The minimum atomic E-state index is 0.579. The summed E-state index contributed by atoms with van der Waals surface area (Å²) in [5.41, 5.74) is 6.58. The van der Waals surface area contributed by atoms with Crippen LogP contribution in [0.1, 0.15) is 10.4 Å². The second-order valence-electron chi connectivity index (χ2n) is 3.08. The van der Waals surface area contributed by atoms with E-state index in [1.165, 1.54) is 11.3 Å². The van der Waals surface area contributed by atoms with Gasteiger partial charge in [-0.1, -0.05) is 29.3 Å². The number of nitrogens with two attached hydrogens (primary N) is 1. The molecule has 0 saturated heterocycles. The third-order valence-electron chi connectivity index (χ3n) is 1.95. The Balaban J connectivity index is 2.24. The maximum Gasteiger partial charge on any atom is 0.180 e. The number of thiazole rings is 1. The Kier molecular flexibility index (Phi) is 3.14. The summed E-state index contributed by atoms with van der Waals surface area (Å²) in [4.78, 5) is 5.08. The molecule has 0 amide bonds. The van der Waals surface area contributed by atoms with Gasteiger partial charge in [-0.2, -0.15) is 0 Å². The van der Waals surface area contributed by atoms with E-state index in [0.717, 1.165) is 16.9 Å². The summed E-state index contributed by atoms with van der Waals surface area (Å²) in [6.07, 6.45) is 2.51. The third-order valence-corrected chi connectivity index (χ3v) is 3.36. The summed E-state index contributed by atoms with van der Waals surface area (Å²) in [6.45, 7) is 0. The molecular weight excluding hydrogens is 251 g/mol. The normalized spacial score (nSPS) is 10.5. The number of anilines is 1. The lowest BCUT2D eigenvalue weighted by atomic mass is 10.1. The van der Waals surface area contributed by atoms with E-state index in [1.54, 1.807) is 12.3 Å². The second-order valence-corrected chi connectivity index (χ2v) is 5.07. The third kappa shape index (κ3) is 2.62. The molecule has 0 aliphatic heterocycles. The van der Waals surface area contributed by atoms with Crippen molar-refractivity contribution in [3.63, 3.8) is 0 Å². The molecule has 0 atom stereocenters. The van der Waals surface area contributed by atoms with E-state index >= 15 is 0 Å². The molecule has 0 aliphatic rings. The van der Waals surface area contributed by atoms with Crippen LogP contribution in [0.15, 0.2) is 24.4 Å². The average molecular weight is 259 g/mol. The molecule has 2 rings (SSSR count). The van der Waals surface area contributed by atoms with Gasteiger partial charge in [-0.25, -0.2) is 4.98 Å². The maximum atomic E-state index is 6.05. The van der Waals surface area contributed by atoms with E-state index in [-0.39, 0.29) is 0 Å². The number of hydrogen-bond acceptors (Lipinski definition) is 3. The number of rotatable bonds is 2. The fourth-order valence-electron chi connectivity index (χ4n) is 1.26. The van der Waals surface area contributed by atoms with Crippen LogP contribution in [0.25, 0.3) is 0 Å². The predicted octanol–water partition coefficient (Wildman–Crippen LogP) is 3.62. The average Bonchev–Trinajstić information content (AvgIpc) is 2.56. The quantitative estimate of drug-likeness (QED) is 0.894. The molecule has 1 heterocycles. The summed E-state index contributed by atoms with van der Waals surface area (Å²) >= 11 is 13.3. The van der Waals surface area contributed by atoms with E-state index in [1.807, 2.05) is 12.1 Å². The Labute approximate surface area is 102 Å². The van der Waals surface area contributed by atoms with Crippen molar-refractivity contribution in [3.8, 4) is 0 Å². The van der Waals surface area contributed by atoms with Crippen LogP contribution in [0.2, 0.25) is 10.0 Å². The molecule has 1 aromatic carbocycles. The molecule has 0 spiro atoms. The maximum absolute atomic E-state index is 6.05. The summed E-state index contributed by atoms with van der Waals surface area (Å²) in [7, 11) is 0. The number of halogens is 2. The van der Waals surface area contributed by atoms with Gasteiger partial charge >= 0.3 is 0 Å². The fraction of sp³-hybridized carbons (Fsp3) is 0.100. The summed E-state index contributed by atoms with van der Waals surface area (Å²) in [6, 6.07) is 5.48. The number of benzene rings is 1. The van der Waals surface area contributed by atoms with Gasteiger partial charge in [-0.15, -0.1) is 11.3 Å². The SMILES string of the molecule is Nc1ncc(Cc2ccc(Cl)cc2Cl)s1. The monoisotopic (exact) mass is 258 g/mol. The molecule has 0 saturated carbocycles. The Morgan fingerprint density at radius 3 is 2.73 bits per heavy atom. The first kappa shape index (κ1) is 10.7. The van der Waals surface area contributed by atoms with Gasteiger partial charge in [-0.05, 0) is 17.7 Å². The lowest BCUT2D eigenvalue weighted by molar-refractivity contribution is 1.22. The molecule has 0 bridgehead atoms. The summed E-state index contributed by atoms with van der Waals surface area (Å²) in [5.74, 6) is 0. The van der Waals surface area contributed by atoms with Crippen molar-refractivity contribution >= 4 is 39.7 Å². The summed E-state index contributed by atoms with van der Waals surface area (Å²) in [5, 5.41) is 1.90. The van der Waals surface area contributed by atoms with Crippen molar-refractivity contribution in [3.05, 3.63) is 44.9 Å². The highest BCUT2D eigenvalue weighted by Gasteiger charge is 2.05. The first-order valence-electron chi connectivity index (χ1n) is 4.29. The van der Waals surface area contributed by atoms with Crippen molar-refractivity contribution in [1.82, 2.24) is 4.98 Å². The van der Waals surface area contributed by atoms with Crippen LogP contribution in [-0.2, 0) is 6.42 Å². The van der Waals surface area contributed by atoms with Crippen molar-refractivity contribution in [2.45, 2.75) is 6.42 Å². The van der Waals surface area contributed by atoms with Crippen LogP contribution in [-0.4, -0.2) is 4.98 Å². The lowest BCUT2D eigenvalue weighted by Gasteiger charge is -2.01. The van der Waals surface area contributed by atoms with Gasteiger partial charge < -0.3 is 5.73 Å². The van der Waals surface area contributed by atoms with E-state index < -0.39 is 0 Å². The second kappa shape index (κ2) is 4.39. The number of nitrogens with zero attached hydrogens (tertiary/aromatic N) is 1. The Morgan fingerprint density at radius 2 is 2.13 bits per heavy atom. The first-order chi connectivity index (χ1) is 7.15. The largest absolute Gasteiger partial charge is 0.375 e. The molecule has 0 fully saturated rings. The molecule has 2 nitrogen and oxygen atoms in total. The Morgan fingerprint density at radius 1 is 1.33 bits per heavy atom. The van der Waals surface area contributed by atoms with Crippen LogP contribution >= 0.6 is 34.5 Å². The summed E-state index contributed by atoms with van der Waals surface area (Å²) < 4.78 is 0. The fourth-order valence-corrected chi connectivity index (χ4v) is 2.44. The van der Waals surface area contributed by atoms with Crippen LogP contribution in [0, 0.1) is 0 Å². The van der Waals surface area contributed by atoms with Gasteiger partial charge in [0, 0.05) is 27.5 Å². The predicted molar refractivity (Wildman–Crippen MR) is 65.8 cm³/mol. The molecule has 2 aromatic rings. The minimum absolute atomic E-state index is 0.579. The molecule has 5 heteroatoms. The highest BCUT2D eigenvalue weighted by atomic mass is 35.5. The van der Waals surface area contributed by atoms with Crippen LogP contribution in [0.3, 0.4) is 0 Å². The zero-order valence-corrected chi connectivity index (χ0v) is 10.0. The van der Waals surface area contributed by atoms with Crippen molar-refractivity contribution in [2.24, 2.45) is 0 Å². The molecule has 78 valence electrons. The zero-order valence-electron chi connectivity index (χ0n) is 7.71. The lowest BCUT2D eigenvalue weighted by Crippen LogP contribution is -1.85. The van der Waals surface area contributed by atoms with Gasteiger partial charge in [0.15, 0.2) is 5.13 Å². The molecule has 0 unspecified atom stereocenters. The van der Waals surface area contributed by atoms with Gasteiger partial charge in [-0.3, -0.25) is 0 Å². The van der Waals surface area contributed by atoms with E-state index in [0.29, 0.717) is 15.2 Å². The van der Waals surface area contributed by atoms with Crippen molar-refractivity contribution in [1.29, 1.82) is 0 Å². The Hall–Kier alpha value is -0.770. The molecule has 0 radical (unpaired) electrons. The van der Waals surface area contributed by atoms with Crippen molar-refractivity contribution in [2.75, 3.05) is 5.73 Å². The van der Waals surface area contributed by atoms with Gasteiger partial charge in [0.05, 0.1) is 0 Å². The van der Waals surface area contributed by atoms with Gasteiger partial charge in [0.2, 0.25) is 0 Å².